The first kappa shape index (κ1) is 14.1. The smallest absolute Gasteiger partial charge is 0.272 e. The Hall–Kier alpha value is -2.31. The lowest BCUT2D eigenvalue weighted by Gasteiger charge is -2.06. The largest absolute Gasteiger partial charge is 0.444 e. The maximum absolute atomic E-state index is 12.2. The Labute approximate surface area is 117 Å². The molecule has 0 spiro atoms. The molecule has 3 N–H and O–H groups in total. The number of hydrogen-bond donors (Lipinski definition) is 2. The van der Waals surface area contributed by atoms with E-state index in [1.165, 1.54) is 0 Å². The predicted molar refractivity (Wildman–Crippen MR) is 74.2 cm³/mol. The van der Waals surface area contributed by atoms with Crippen LogP contribution in [0.15, 0.2) is 4.42 Å². The van der Waals surface area contributed by atoms with E-state index in [0.29, 0.717) is 29.5 Å². The first-order valence-electron chi connectivity index (χ1n) is 6.48. The molecule has 0 fully saturated rings. The van der Waals surface area contributed by atoms with E-state index in [1.54, 1.807) is 11.6 Å². The van der Waals surface area contributed by atoms with Crippen LogP contribution in [-0.2, 0) is 13.1 Å². The van der Waals surface area contributed by atoms with Crippen LogP contribution in [0.2, 0.25) is 0 Å². The highest BCUT2D eigenvalue weighted by molar-refractivity contribution is 5.97. The second-order valence-electron chi connectivity index (χ2n) is 4.60. The minimum Gasteiger partial charge on any atom is -0.444 e. The SMILES string of the molecule is CCn1nc(C)c(N)c1C(=O)NCc1nc(C)c(C)o1. The topological polar surface area (TPSA) is 99.0 Å². The molecular formula is C13H19N5O2. The number of nitrogens with one attached hydrogen (secondary N) is 1. The van der Waals surface area contributed by atoms with Crippen molar-refractivity contribution >= 4 is 11.6 Å². The molecule has 0 radical (unpaired) electrons. The number of nitrogens with zero attached hydrogens (tertiary/aromatic N) is 3. The van der Waals surface area contributed by atoms with Gasteiger partial charge >= 0.3 is 0 Å². The van der Waals surface area contributed by atoms with E-state index in [-0.39, 0.29) is 12.5 Å². The fraction of sp³-hybridized carbons (Fsp3) is 0.462. The lowest BCUT2D eigenvalue weighted by molar-refractivity contribution is 0.0937. The third-order valence-electron chi connectivity index (χ3n) is 3.16. The fourth-order valence-corrected chi connectivity index (χ4v) is 1.92. The van der Waals surface area contributed by atoms with E-state index in [9.17, 15) is 4.79 Å². The Bertz CT molecular complexity index is 622. The summed E-state index contributed by atoms with van der Waals surface area (Å²) in [6.07, 6.45) is 0. The summed E-state index contributed by atoms with van der Waals surface area (Å²) >= 11 is 0. The van der Waals surface area contributed by atoms with E-state index in [1.807, 2.05) is 20.8 Å². The van der Waals surface area contributed by atoms with Crippen LogP contribution in [0.1, 0.15) is 40.5 Å². The zero-order valence-electron chi connectivity index (χ0n) is 12.1. The van der Waals surface area contributed by atoms with Gasteiger partial charge in [-0.15, -0.1) is 0 Å². The third kappa shape index (κ3) is 2.52. The minimum atomic E-state index is -0.279. The van der Waals surface area contributed by atoms with Crippen molar-refractivity contribution in [3.63, 3.8) is 0 Å². The molecule has 0 aliphatic carbocycles. The van der Waals surface area contributed by atoms with Crippen LogP contribution in [-0.4, -0.2) is 20.7 Å². The molecular weight excluding hydrogens is 258 g/mol. The third-order valence-corrected chi connectivity index (χ3v) is 3.16. The Morgan fingerprint density at radius 2 is 2.05 bits per heavy atom. The second-order valence-corrected chi connectivity index (χ2v) is 4.60. The number of hydrogen-bond acceptors (Lipinski definition) is 5. The summed E-state index contributed by atoms with van der Waals surface area (Å²) < 4.78 is 7.00. The van der Waals surface area contributed by atoms with Gasteiger partial charge in [0.1, 0.15) is 11.5 Å². The van der Waals surface area contributed by atoms with Gasteiger partial charge in [-0.3, -0.25) is 9.48 Å². The summed E-state index contributed by atoms with van der Waals surface area (Å²) in [4.78, 5) is 16.4. The molecule has 0 aliphatic rings. The fourth-order valence-electron chi connectivity index (χ4n) is 1.92. The van der Waals surface area contributed by atoms with Gasteiger partial charge in [0.25, 0.3) is 5.91 Å². The summed E-state index contributed by atoms with van der Waals surface area (Å²) in [6.45, 7) is 8.18. The quantitative estimate of drug-likeness (QED) is 0.878. The van der Waals surface area contributed by atoms with E-state index in [2.05, 4.69) is 15.4 Å². The number of anilines is 1. The summed E-state index contributed by atoms with van der Waals surface area (Å²) in [5.74, 6) is 0.952. The van der Waals surface area contributed by atoms with E-state index in [4.69, 9.17) is 10.2 Å². The van der Waals surface area contributed by atoms with Crippen LogP contribution in [0.25, 0.3) is 0 Å². The van der Waals surface area contributed by atoms with E-state index >= 15 is 0 Å². The normalized spacial score (nSPS) is 10.8. The lowest BCUT2D eigenvalue weighted by Crippen LogP contribution is -2.26. The molecule has 7 nitrogen and oxygen atoms in total. The van der Waals surface area contributed by atoms with Crippen molar-refractivity contribution in [1.29, 1.82) is 0 Å². The molecule has 2 rings (SSSR count). The highest BCUT2D eigenvalue weighted by Crippen LogP contribution is 2.16. The summed E-state index contributed by atoms with van der Waals surface area (Å²) in [7, 11) is 0. The maximum atomic E-state index is 12.2. The molecule has 0 unspecified atom stereocenters. The first-order chi connectivity index (χ1) is 9.43. The van der Waals surface area contributed by atoms with Crippen molar-refractivity contribution in [2.45, 2.75) is 40.8 Å². The first-order valence-corrected chi connectivity index (χ1v) is 6.48. The van der Waals surface area contributed by atoms with Crippen LogP contribution < -0.4 is 11.1 Å². The van der Waals surface area contributed by atoms with Crippen molar-refractivity contribution in [3.8, 4) is 0 Å². The van der Waals surface area contributed by atoms with Gasteiger partial charge < -0.3 is 15.5 Å². The molecule has 2 aromatic rings. The number of nitrogen functional groups attached to an aromatic ring is 1. The van der Waals surface area contributed by atoms with Crippen LogP contribution in [0.4, 0.5) is 5.69 Å². The van der Waals surface area contributed by atoms with Crippen molar-refractivity contribution in [2.75, 3.05) is 5.73 Å². The Morgan fingerprint density at radius 1 is 1.35 bits per heavy atom. The standard InChI is InChI=1S/C13H19N5O2/c1-5-18-12(11(14)8(3)17-18)13(19)15-6-10-16-7(2)9(4)20-10/h5-6,14H2,1-4H3,(H,15,19). The van der Waals surface area contributed by atoms with Gasteiger partial charge in [0.15, 0.2) is 0 Å². The highest BCUT2D eigenvalue weighted by Gasteiger charge is 2.19. The van der Waals surface area contributed by atoms with Crippen molar-refractivity contribution in [2.24, 2.45) is 0 Å². The number of aromatic nitrogens is 3. The van der Waals surface area contributed by atoms with Gasteiger partial charge in [-0.25, -0.2) is 4.98 Å². The zero-order chi connectivity index (χ0) is 14.9. The molecule has 0 aromatic carbocycles. The van der Waals surface area contributed by atoms with E-state index in [0.717, 1.165) is 11.5 Å². The molecule has 0 aliphatic heterocycles. The Morgan fingerprint density at radius 3 is 2.60 bits per heavy atom. The number of amides is 1. The van der Waals surface area contributed by atoms with Gasteiger partial charge in [-0.05, 0) is 27.7 Å². The van der Waals surface area contributed by atoms with Crippen molar-refractivity contribution < 1.29 is 9.21 Å². The van der Waals surface area contributed by atoms with Gasteiger partial charge in [0.2, 0.25) is 5.89 Å². The molecule has 2 heterocycles. The number of nitrogens with two attached hydrogens (primary N) is 1. The van der Waals surface area contributed by atoms with Crippen LogP contribution >= 0.6 is 0 Å². The molecule has 0 saturated heterocycles. The van der Waals surface area contributed by atoms with Crippen LogP contribution in [0.3, 0.4) is 0 Å². The average molecular weight is 277 g/mol. The van der Waals surface area contributed by atoms with Crippen LogP contribution in [0.5, 0.6) is 0 Å². The molecule has 20 heavy (non-hydrogen) atoms. The highest BCUT2D eigenvalue weighted by atomic mass is 16.4. The molecule has 7 heteroatoms. The number of carbonyl (C=O) groups excluding carboxylic acids is 1. The van der Waals surface area contributed by atoms with Gasteiger partial charge in [-0.2, -0.15) is 5.10 Å². The zero-order valence-corrected chi connectivity index (χ0v) is 12.1. The van der Waals surface area contributed by atoms with Gasteiger partial charge in [-0.1, -0.05) is 0 Å². The second kappa shape index (κ2) is 5.36. The predicted octanol–water partition coefficient (Wildman–Crippen LogP) is 1.33. The molecule has 108 valence electrons. The van der Waals surface area contributed by atoms with Gasteiger partial charge in [0.05, 0.1) is 23.6 Å². The van der Waals surface area contributed by atoms with Gasteiger partial charge in [0, 0.05) is 6.54 Å². The minimum absolute atomic E-state index is 0.223. The number of carbonyl (C=O) groups is 1. The molecule has 0 saturated carbocycles. The number of rotatable bonds is 4. The summed E-state index contributed by atoms with van der Waals surface area (Å²) in [5, 5.41) is 6.96. The maximum Gasteiger partial charge on any atom is 0.272 e. The molecule has 0 bridgehead atoms. The number of aryl methyl sites for hydroxylation is 4. The van der Waals surface area contributed by atoms with E-state index < -0.39 is 0 Å². The van der Waals surface area contributed by atoms with Crippen molar-refractivity contribution in [3.05, 3.63) is 28.7 Å². The number of oxazole rings is 1. The Balaban J connectivity index is 2.12. The average Bonchev–Trinajstić information content (AvgIpc) is 2.88. The summed E-state index contributed by atoms with van der Waals surface area (Å²) in [6, 6.07) is 0. The molecule has 0 atom stereocenters. The van der Waals surface area contributed by atoms with Crippen molar-refractivity contribution in [1.82, 2.24) is 20.1 Å². The monoisotopic (exact) mass is 277 g/mol. The Kier molecular flexibility index (Phi) is 3.78. The lowest BCUT2D eigenvalue weighted by atomic mass is 10.3. The molecule has 2 aromatic heterocycles. The summed E-state index contributed by atoms with van der Waals surface area (Å²) in [5.41, 5.74) is 8.16. The van der Waals surface area contributed by atoms with Crippen LogP contribution in [0, 0.1) is 20.8 Å². The molecule has 1 amide bonds.